The predicted molar refractivity (Wildman–Crippen MR) is 57.0 cm³/mol. The Kier molecular flexibility index (Phi) is 2.87. The van der Waals surface area contributed by atoms with Crippen molar-refractivity contribution >= 4 is 0 Å². The van der Waals surface area contributed by atoms with E-state index in [1.807, 2.05) is 12.5 Å². The summed E-state index contributed by atoms with van der Waals surface area (Å²) < 4.78 is 2.28. The Morgan fingerprint density at radius 1 is 1.64 bits per heavy atom. The highest BCUT2D eigenvalue weighted by Crippen LogP contribution is 2.36. The molecule has 1 fully saturated rings. The average Bonchev–Trinajstić information content (AvgIpc) is 2.83. The first-order chi connectivity index (χ1) is 6.81. The van der Waals surface area contributed by atoms with Gasteiger partial charge in [0.1, 0.15) is 0 Å². The molecule has 1 unspecified atom stereocenters. The van der Waals surface area contributed by atoms with E-state index >= 15 is 0 Å². The zero-order valence-corrected chi connectivity index (χ0v) is 8.82. The summed E-state index contributed by atoms with van der Waals surface area (Å²) >= 11 is 0. The Hall–Kier alpha value is -0.830. The van der Waals surface area contributed by atoms with Crippen molar-refractivity contribution in [2.45, 2.75) is 38.6 Å². The van der Waals surface area contributed by atoms with E-state index in [1.165, 1.54) is 25.0 Å². The Balaban J connectivity index is 2.00. The van der Waals surface area contributed by atoms with E-state index in [0.717, 1.165) is 12.3 Å². The smallest absolute Gasteiger partial charge is 0.0950 e. The number of hydrogen-bond acceptors (Lipinski definition) is 2. The van der Waals surface area contributed by atoms with Crippen LogP contribution >= 0.6 is 0 Å². The number of nitrogens with two attached hydrogens (primary N) is 1. The van der Waals surface area contributed by atoms with Gasteiger partial charge in [0.15, 0.2) is 0 Å². The highest BCUT2D eigenvalue weighted by atomic mass is 15.1. The van der Waals surface area contributed by atoms with Gasteiger partial charge in [0.2, 0.25) is 0 Å². The van der Waals surface area contributed by atoms with Crippen LogP contribution in [0, 0.1) is 5.92 Å². The van der Waals surface area contributed by atoms with Crippen molar-refractivity contribution in [2.75, 3.05) is 6.54 Å². The number of nitrogens with zero attached hydrogens (tertiary/aromatic N) is 2. The van der Waals surface area contributed by atoms with E-state index in [9.17, 15) is 0 Å². The largest absolute Gasteiger partial charge is 0.332 e. The molecular formula is C11H19N3. The molecular weight excluding hydrogens is 174 g/mol. The Bertz CT molecular complexity index is 288. The Labute approximate surface area is 85.3 Å². The van der Waals surface area contributed by atoms with Gasteiger partial charge in [0.25, 0.3) is 0 Å². The lowest BCUT2D eigenvalue weighted by Gasteiger charge is -2.15. The second-order valence-electron chi connectivity index (χ2n) is 4.36. The minimum absolute atomic E-state index is 0.589. The molecule has 1 saturated carbocycles. The maximum atomic E-state index is 5.56. The van der Waals surface area contributed by atoms with Crippen molar-refractivity contribution < 1.29 is 0 Å². The molecule has 3 heteroatoms. The molecule has 0 aromatic carbocycles. The van der Waals surface area contributed by atoms with E-state index in [0.29, 0.717) is 12.6 Å². The number of aromatic nitrogens is 2. The maximum absolute atomic E-state index is 5.56. The van der Waals surface area contributed by atoms with Crippen LogP contribution in [0.25, 0.3) is 0 Å². The van der Waals surface area contributed by atoms with Crippen molar-refractivity contribution in [2.24, 2.45) is 11.7 Å². The van der Waals surface area contributed by atoms with Crippen LogP contribution < -0.4 is 5.73 Å². The highest BCUT2D eigenvalue weighted by molar-refractivity contribution is 5.01. The molecule has 1 aliphatic carbocycles. The predicted octanol–water partition coefficient (Wildman–Crippen LogP) is 1.75. The molecule has 0 bridgehead atoms. The fourth-order valence-electron chi connectivity index (χ4n) is 2.02. The van der Waals surface area contributed by atoms with Gasteiger partial charge in [-0.25, -0.2) is 4.98 Å². The van der Waals surface area contributed by atoms with Gasteiger partial charge in [-0.3, -0.25) is 0 Å². The molecule has 0 saturated heterocycles. The van der Waals surface area contributed by atoms with E-state index in [1.54, 1.807) is 0 Å². The van der Waals surface area contributed by atoms with E-state index in [-0.39, 0.29) is 0 Å². The van der Waals surface area contributed by atoms with Gasteiger partial charge in [-0.1, -0.05) is 12.8 Å². The van der Waals surface area contributed by atoms with Crippen molar-refractivity contribution in [3.05, 3.63) is 18.2 Å². The first-order valence-corrected chi connectivity index (χ1v) is 5.52. The molecule has 0 spiro atoms. The van der Waals surface area contributed by atoms with Crippen molar-refractivity contribution in [3.8, 4) is 0 Å². The normalized spacial score (nSPS) is 18.4. The lowest BCUT2D eigenvalue weighted by atomic mass is 10.1. The third kappa shape index (κ3) is 2.15. The fraction of sp³-hybridized carbons (Fsp3) is 0.727. The molecule has 1 aromatic rings. The highest BCUT2D eigenvalue weighted by Gasteiger charge is 2.24. The molecule has 0 radical (unpaired) electrons. The van der Waals surface area contributed by atoms with Gasteiger partial charge in [0.05, 0.1) is 6.33 Å². The summed E-state index contributed by atoms with van der Waals surface area (Å²) in [4.78, 5) is 4.20. The summed E-state index contributed by atoms with van der Waals surface area (Å²) in [7, 11) is 0. The maximum Gasteiger partial charge on any atom is 0.0950 e. The molecule has 1 heterocycles. The van der Waals surface area contributed by atoms with E-state index in [4.69, 9.17) is 5.73 Å². The van der Waals surface area contributed by atoms with Crippen LogP contribution in [0.15, 0.2) is 12.5 Å². The van der Waals surface area contributed by atoms with Crippen LogP contribution in [0.4, 0.5) is 0 Å². The first-order valence-electron chi connectivity index (χ1n) is 5.52. The zero-order chi connectivity index (χ0) is 9.97. The van der Waals surface area contributed by atoms with Gasteiger partial charge < -0.3 is 10.3 Å². The summed E-state index contributed by atoms with van der Waals surface area (Å²) in [5.74, 6) is 0.970. The van der Waals surface area contributed by atoms with Gasteiger partial charge in [-0.15, -0.1) is 0 Å². The number of hydrogen-bond donors (Lipinski definition) is 1. The van der Waals surface area contributed by atoms with Crippen molar-refractivity contribution in [1.82, 2.24) is 9.55 Å². The van der Waals surface area contributed by atoms with Crippen LogP contribution in [-0.2, 0) is 6.42 Å². The molecule has 1 atom stereocenters. The molecule has 78 valence electrons. The van der Waals surface area contributed by atoms with Crippen LogP contribution in [0.5, 0.6) is 0 Å². The van der Waals surface area contributed by atoms with Crippen LogP contribution in [0.3, 0.4) is 0 Å². The monoisotopic (exact) mass is 193 g/mol. The van der Waals surface area contributed by atoms with Gasteiger partial charge in [0, 0.05) is 24.4 Å². The first kappa shape index (κ1) is 9.71. The minimum Gasteiger partial charge on any atom is -0.332 e. The average molecular weight is 193 g/mol. The minimum atomic E-state index is 0.589. The van der Waals surface area contributed by atoms with E-state index < -0.39 is 0 Å². The number of rotatable bonds is 5. The Morgan fingerprint density at radius 3 is 3.07 bits per heavy atom. The molecule has 2 rings (SSSR count). The molecule has 1 aliphatic rings. The molecule has 14 heavy (non-hydrogen) atoms. The van der Waals surface area contributed by atoms with Crippen LogP contribution in [0.2, 0.25) is 0 Å². The zero-order valence-electron chi connectivity index (χ0n) is 8.82. The third-order valence-electron chi connectivity index (χ3n) is 2.99. The van der Waals surface area contributed by atoms with E-state index in [2.05, 4.69) is 16.5 Å². The standard InChI is InChI=1S/C11H19N3/c1-9(6-10-2-3-10)14-8-13-7-11(14)4-5-12/h7-10H,2-6,12H2,1H3. The SMILES string of the molecule is CC(CC1CC1)n1cncc1CCN. The lowest BCUT2D eigenvalue weighted by molar-refractivity contribution is 0.463. The van der Waals surface area contributed by atoms with Crippen LogP contribution in [0.1, 0.15) is 37.9 Å². The topological polar surface area (TPSA) is 43.8 Å². The van der Waals surface area contributed by atoms with Crippen molar-refractivity contribution in [1.29, 1.82) is 0 Å². The molecule has 0 amide bonds. The second-order valence-corrected chi connectivity index (χ2v) is 4.36. The van der Waals surface area contributed by atoms with Gasteiger partial charge in [-0.2, -0.15) is 0 Å². The Morgan fingerprint density at radius 2 is 2.43 bits per heavy atom. The lowest BCUT2D eigenvalue weighted by Crippen LogP contribution is -2.12. The summed E-state index contributed by atoms with van der Waals surface area (Å²) in [6.07, 6.45) is 8.97. The number of imidazole rings is 1. The summed E-state index contributed by atoms with van der Waals surface area (Å²) in [5, 5.41) is 0. The summed E-state index contributed by atoms with van der Waals surface area (Å²) in [6.45, 7) is 2.99. The molecule has 3 nitrogen and oxygen atoms in total. The third-order valence-corrected chi connectivity index (χ3v) is 2.99. The van der Waals surface area contributed by atoms with Gasteiger partial charge >= 0.3 is 0 Å². The fourth-order valence-corrected chi connectivity index (χ4v) is 2.02. The molecule has 0 aliphatic heterocycles. The van der Waals surface area contributed by atoms with Gasteiger partial charge in [-0.05, 0) is 25.8 Å². The summed E-state index contributed by atoms with van der Waals surface area (Å²) in [6, 6.07) is 0.589. The summed E-state index contributed by atoms with van der Waals surface area (Å²) in [5.41, 5.74) is 6.84. The molecule has 1 aromatic heterocycles. The van der Waals surface area contributed by atoms with Crippen LogP contribution in [-0.4, -0.2) is 16.1 Å². The quantitative estimate of drug-likeness (QED) is 0.774. The molecule has 2 N–H and O–H groups in total. The second kappa shape index (κ2) is 4.13. The van der Waals surface area contributed by atoms with Crippen molar-refractivity contribution in [3.63, 3.8) is 0 Å².